The number of anilines is 1. The van der Waals surface area contributed by atoms with Gasteiger partial charge in [-0.05, 0) is 37.1 Å². The van der Waals surface area contributed by atoms with Crippen LogP contribution in [0.3, 0.4) is 0 Å². The molecule has 1 saturated heterocycles. The van der Waals surface area contributed by atoms with Crippen molar-refractivity contribution in [1.29, 1.82) is 0 Å². The fraction of sp³-hybridized carbons (Fsp3) is 0.524. The van der Waals surface area contributed by atoms with Gasteiger partial charge in [-0.15, -0.1) is 0 Å². The highest BCUT2D eigenvalue weighted by Gasteiger charge is 2.29. The Labute approximate surface area is 182 Å². The fourth-order valence-electron chi connectivity index (χ4n) is 3.38. The number of nitrogens with one attached hydrogen (secondary N) is 2. The minimum Gasteiger partial charge on any atom is -0.488 e. The van der Waals surface area contributed by atoms with Gasteiger partial charge >= 0.3 is 6.03 Å². The molecule has 0 saturated carbocycles. The molecule has 2 aromatic rings. The normalized spacial score (nSPS) is 15.5. The number of rotatable bonds is 10. The molecular weight excluding hydrogens is 406 g/mol. The smallest absolute Gasteiger partial charge is 0.320 e. The molecule has 0 unspecified atom stereocenters. The number of halogens is 1. The third-order valence-electron chi connectivity index (χ3n) is 5.07. The average molecular weight is 436 g/mol. The van der Waals surface area contributed by atoms with E-state index < -0.39 is 0 Å². The van der Waals surface area contributed by atoms with Crippen molar-refractivity contribution in [3.8, 4) is 5.75 Å². The number of methoxy groups -OCH3 is 1. The molecule has 3 rings (SSSR count). The molecule has 30 heavy (non-hydrogen) atoms. The second-order valence-corrected chi connectivity index (χ2v) is 7.93. The first-order valence-corrected chi connectivity index (χ1v) is 10.6. The molecule has 1 fully saturated rings. The van der Waals surface area contributed by atoms with Gasteiger partial charge in [0.2, 0.25) is 0 Å². The summed E-state index contributed by atoms with van der Waals surface area (Å²) in [5, 5.41) is 10.9. The van der Waals surface area contributed by atoms with Crippen LogP contribution < -0.4 is 15.4 Å². The predicted molar refractivity (Wildman–Crippen MR) is 117 cm³/mol. The van der Waals surface area contributed by atoms with Crippen LogP contribution in [-0.2, 0) is 18.2 Å². The second kappa shape index (κ2) is 10.7. The highest BCUT2D eigenvalue weighted by atomic mass is 35.5. The van der Waals surface area contributed by atoms with Gasteiger partial charge in [0, 0.05) is 44.9 Å². The van der Waals surface area contributed by atoms with Crippen LogP contribution in [0.15, 0.2) is 30.3 Å². The van der Waals surface area contributed by atoms with Gasteiger partial charge in [-0.3, -0.25) is 14.9 Å². The van der Waals surface area contributed by atoms with E-state index in [2.05, 4.69) is 20.6 Å². The van der Waals surface area contributed by atoms with Gasteiger partial charge in [-0.1, -0.05) is 18.5 Å². The molecule has 9 heteroatoms. The molecule has 2 amide bonds. The third kappa shape index (κ3) is 6.35. The Morgan fingerprint density at radius 1 is 1.33 bits per heavy atom. The number of likely N-dealkylation sites (tertiary alicyclic amines) is 1. The quantitative estimate of drug-likeness (QED) is 0.599. The van der Waals surface area contributed by atoms with Gasteiger partial charge in [-0.25, -0.2) is 4.79 Å². The number of urea groups is 1. The SMILES string of the molecule is CCc1cc(NC(=O)N[C@@H](CCN2CC(Oc3ccc(Cl)cc3)C2)COC)n(C)n1. The molecule has 0 bridgehead atoms. The highest BCUT2D eigenvalue weighted by molar-refractivity contribution is 6.30. The molecule has 1 aromatic carbocycles. The molecular formula is C21H30ClN5O3. The molecule has 2 heterocycles. The Hall–Kier alpha value is -2.29. The zero-order valence-corrected chi connectivity index (χ0v) is 18.5. The molecule has 0 radical (unpaired) electrons. The number of benzene rings is 1. The third-order valence-corrected chi connectivity index (χ3v) is 5.32. The Bertz CT molecular complexity index is 821. The molecule has 1 aliphatic rings. The summed E-state index contributed by atoms with van der Waals surface area (Å²) in [7, 11) is 3.45. The zero-order chi connectivity index (χ0) is 21.5. The van der Waals surface area contributed by atoms with Gasteiger partial charge in [0.1, 0.15) is 17.7 Å². The molecule has 164 valence electrons. The topological polar surface area (TPSA) is 80.7 Å². The average Bonchev–Trinajstić information content (AvgIpc) is 3.04. The lowest BCUT2D eigenvalue weighted by molar-refractivity contribution is 0.0162. The zero-order valence-electron chi connectivity index (χ0n) is 17.7. The van der Waals surface area contributed by atoms with Crippen molar-refractivity contribution in [1.82, 2.24) is 20.0 Å². The Balaban J connectivity index is 1.39. The van der Waals surface area contributed by atoms with Crippen LogP contribution >= 0.6 is 11.6 Å². The lowest BCUT2D eigenvalue weighted by atomic mass is 10.1. The van der Waals surface area contributed by atoms with Crippen LogP contribution in [0.4, 0.5) is 10.6 Å². The standard InChI is InChI=1S/C21H30ClN5O3/c1-4-16-11-20(26(2)25-16)24-21(28)23-17(14-29-3)9-10-27-12-19(13-27)30-18-7-5-15(22)6-8-18/h5-8,11,17,19H,4,9-10,12-14H2,1-3H3,(H2,23,24,28)/t17-/m0/s1. The van der Waals surface area contributed by atoms with Gasteiger partial charge in [0.05, 0.1) is 18.3 Å². The van der Waals surface area contributed by atoms with Gasteiger partial charge in [0.15, 0.2) is 0 Å². The number of hydrogen-bond donors (Lipinski definition) is 2. The fourth-order valence-corrected chi connectivity index (χ4v) is 3.50. The predicted octanol–water partition coefficient (Wildman–Crippen LogP) is 2.93. The maximum absolute atomic E-state index is 12.4. The summed E-state index contributed by atoms with van der Waals surface area (Å²) in [6.45, 7) is 5.08. The van der Waals surface area contributed by atoms with Gasteiger partial charge in [0.25, 0.3) is 0 Å². The summed E-state index contributed by atoms with van der Waals surface area (Å²) in [5.74, 6) is 1.51. The molecule has 1 aromatic heterocycles. The van der Waals surface area contributed by atoms with E-state index in [0.29, 0.717) is 17.4 Å². The number of nitrogens with zero attached hydrogens (tertiary/aromatic N) is 3. The summed E-state index contributed by atoms with van der Waals surface area (Å²) < 4.78 is 12.9. The first-order chi connectivity index (χ1) is 14.5. The first kappa shape index (κ1) is 22.4. The summed E-state index contributed by atoms with van der Waals surface area (Å²) in [5.41, 5.74) is 0.939. The van der Waals surface area contributed by atoms with Crippen molar-refractivity contribution in [2.45, 2.75) is 31.9 Å². The van der Waals surface area contributed by atoms with Gasteiger partial charge < -0.3 is 14.8 Å². The van der Waals surface area contributed by atoms with Crippen LogP contribution in [0.1, 0.15) is 19.0 Å². The number of ether oxygens (including phenoxy) is 2. The van der Waals surface area contributed by atoms with E-state index in [1.54, 1.807) is 11.8 Å². The first-order valence-electron chi connectivity index (χ1n) is 10.2. The molecule has 1 aliphatic heterocycles. The van der Waals surface area contributed by atoms with E-state index >= 15 is 0 Å². The van der Waals surface area contributed by atoms with Gasteiger partial charge in [-0.2, -0.15) is 5.10 Å². The number of amides is 2. The molecule has 8 nitrogen and oxygen atoms in total. The lowest BCUT2D eigenvalue weighted by Gasteiger charge is -2.39. The molecule has 2 N–H and O–H groups in total. The van der Waals surface area contributed by atoms with Crippen LogP contribution in [0.25, 0.3) is 0 Å². The summed E-state index contributed by atoms with van der Waals surface area (Å²) in [6.07, 6.45) is 1.80. The number of aryl methyl sites for hydroxylation is 2. The number of aromatic nitrogens is 2. The van der Waals surface area contributed by atoms with Crippen molar-refractivity contribution in [3.05, 3.63) is 41.0 Å². The van der Waals surface area contributed by atoms with E-state index in [-0.39, 0.29) is 18.2 Å². The number of carbonyl (C=O) groups is 1. The molecule has 0 aliphatic carbocycles. The van der Waals surface area contributed by atoms with Crippen molar-refractivity contribution >= 4 is 23.4 Å². The maximum atomic E-state index is 12.4. The van der Waals surface area contributed by atoms with E-state index in [9.17, 15) is 4.79 Å². The lowest BCUT2D eigenvalue weighted by Crippen LogP contribution is -2.55. The van der Waals surface area contributed by atoms with E-state index in [1.165, 1.54) is 0 Å². The van der Waals surface area contributed by atoms with Crippen LogP contribution in [0.2, 0.25) is 5.02 Å². The highest BCUT2D eigenvalue weighted by Crippen LogP contribution is 2.20. The summed E-state index contributed by atoms with van der Waals surface area (Å²) in [4.78, 5) is 14.7. The Morgan fingerprint density at radius 3 is 2.70 bits per heavy atom. The second-order valence-electron chi connectivity index (χ2n) is 7.49. The van der Waals surface area contributed by atoms with Crippen molar-refractivity contribution < 1.29 is 14.3 Å². The minimum atomic E-state index is -0.254. The largest absolute Gasteiger partial charge is 0.488 e. The Morgan fingerprint density at radius 2 is 2.07 bits per heavy atom. The molecule has 0 spiro atoms. The van der Waals surface area contributed by atoms with Crippen LogP contribution in [0.5, 0.6) is 5.75 Å². The molecule has 1 atom stereocenters. The van der Waals surface area contributed by atoms with Crippen molar-refractivity contribution in [2.75, 3.05) is 38.7 Å². The van der Waals surface area contributed by atoms with Crippen LogP contribution in [0, 0.1) is 0 Å². The van der Waals surface area contributed by atoms with E-state index in [0.717, 1.165) is 43.9 Å². The van der Waals surface area contributed by atoms with E-state index in [4.69, 9.17) is 21.1 Å². The number of hydrogen-bond acceptors (Lipinski definition) is 5. The maximum Gasteiger partial charge on any atom is 0.320 e. The van der Waals surface area contributed by atoms with Crippen molar-refractivity contribution in [2.24, 2.45) is 7.05 Å². The summed E-state index contributed by atoms with van der Waals surface area (Å²) in [6, 6.07) is 8.97. The van der Waals surface area contributed by atoms with E-state index in [1.807, 2.05) is 44.3 Å². The van der Waals surface area contributed by atoms with Crippen molar-refractivity contribution in [3.63, 3.8) is 0 Å². The van der Waals surface area contributed by atoms with Crippen LogP contribution in [-0.4, -0.2) is 66.2 Å². The monoisotopic (exact) mass is 435 g/mol. The Kier molecular flexibility index (Phi) is 7.95. The minimum absolute atomic E-state index is 0.0786. The summed E-state index contributed by atoms with van der Waals surface area (Å²) >= 11 is 5.90. The number of carbonyl (C=O) groups excluding carboxylic acids is 1.